The minimum Gasteiger partial charge on any atom is -0.381 e. The monoisotopic (exact) mass is 301 g/mol. The summed E-state index contributed by atoms with van der Waals surface area (Å²) in [6.45, 7) is 0. The van der Waals surface area contributed by atoms with Crippen molar-refractivity contribution in [2.24, 2.45) is 0 Å². The summed E-state index contributed by atoms with van der Waals surface area (Å²) in [5, 5.41) is 3.28. The second-order valence-electron chi connectivity index (χ2n) is 4.46. The van der Waals surface area contributed by atoms with E-state index >= 15 is 0 Å². The maximum atomic E-state index is 13.7. The van der Waals surface area contributed by atoms with E-state index in [1.807, 2.05) is 6.07 Å². The summed E-state index contributed by atoms with van der Waals surface area (Å²) in [5.74, 6) is -0.209. The van der Waals surface area contributed by atoms with E-state index in [4.69, 9.17) is 4.74 Å². The van der Waals surface area contributed by atoms with Crippen LogP contribution in [0.25, 0.3) is 0 Å². The van der Waals surface area contributed by atoms with Crippen LogP contribution in [-0.4, -0.2) is 19.3 Å². The molecule has 2 rings (SSSR count). The van der Waals surface area contributed by atoms with Gasteiger partial charge >= 0.3 is 0 Å². The Balaban J connectivity index is 2.05. The first-order chi connectivity index (χ1) is 8.20. The number of para-hydroxylation sites is 1. The number of hydrogen-bond donors (Lipinski definition) is 1. The zero-order chi connectivity index (χ0) is 12.3. The predicted octanol–water partition coefficient (Wildman–Crippen LogP) is 3.96. The molecule has 1 aromatic rings. The molecule has 1 aromatic carbocycles. The molecule has 2 nitrogen and oxygen atoms in total. The zero-order valence-corrected chi connectivity index (χ0v) is 11.5. The molecule has 0 saturated heterocycles. The van der Waals surface area contributed by atoms with Crippen LogP contribution in [0, 0.1) is 5.82 Å². The molecule has 0 aromatic heterocycles. The normalized spacial score (nSPS) is 24.6. The van der Waals surface area contributed by atoms with Crippen molar-refractivity contribution in [3.63, 3.8) is 0 Å². The average molecular weight is 302 g/mol. The predicted molar refractivity (Wildman–Crippen MR) is 70.8 cm³/mol. The van der Waals surface area contributed by atoms with E-state index in [0.29, 0.717) is 17.8 Å². The molecule has 1 N–H and O–H groups in total. The molecule has 1 aliphatic carbocycles. The van der Waals surface area contributed by atoms with Gasteiger partial charge in [0.1, 0.15) is 5.82 Å². The number of methoxy groups -OCH3 is 1. The highest BCUT2D eigenvalue weighted by atomic mass is 79.9. The number of rotatable bonds is 3. The Morgan fingerprint density at radius 1 is 1.41 bits per heavy atom. The molecule has 1 saturated carbocycles. The van der Waals surface area contributed by atoms with Gasteiger partial charge in [-0.1, -0.05) is 6.07 Å². The number of anilines is 1. The van der Waals surface area contributed by atoms with E-state index in [1.54, 1.807) is 13.2 Å². The van der Waals surface area contributed by atoms with Crippen molar-refractivity contribution >= 4 is 21.6 Å². The fourth-order valence-corrected chi connectivity index (χ4v) is 2.79. The molecule has 94 valence electrons. The smallest absolute Gasteiger partial charge is 0.147 e. The maximum absolute atomic E-state index is 13.7. The Morgan fingerprint density at radius 2 is 2.24 bits per heavy atom. The van der Waals surface area contributed by atoms with Crippen LogP contribution in [0.3, 0.4) is 0 Å². The summed E-state index contributed by atoms with van der Waals surface area (Å²) in [6.07, 6.45) is 4.54. The molecular formula is C13H17BrFNO. The third-order valence-electron chi connectivity index (χ3n) is 3.27. The summed E-state index contributed by atoms with van der Waals surface area (Å²) >= 11 is 3.37. The Morgan fingerprint density at radius 3 is 2.94 bits per heavy atom. The average Bonchev–Trinajstić information content (AvgIpc) is 2.34. The topological polar surface area (TPSA) is 21.3 Å². The lowest BCUT2D eigenvalue weighted by Crippen LogP contribution is -2.31. The van der Waals surface area contributed by atoms with Gasteiger partial charge in [-0.25, -0.2) is 4.39 Å². The van der Waals surface area contributed by atoms with Crippen LogP contribution in [0.5, 0.6) is 0 Å². The quantitative estimate of drug-likeness (QED) is 0.912. The molecule has 2 atom stereocenters. The molecule has 0 heterocycles. The van der Waals surface area contributed by atoms with Crippen molar-refractivity contribution in [1.82, 2.24) is 0 Å². The van der Waals surface area contributed by atoms with Gasteiger partial charge < -0.3 is 10.1 Å². The lowest BCUT2D eigenvalue weighted by molar-refractivity contribution is 0.0669. The number of hydrogen-bond acceptors (Lipinski definition) is 2. The third-order valence-corrected chi connectivity index (χ3v) is 3.93. The lowest BCUT2D eigenvalue weighted by Gasteiger charge is -2.29. The van der Waals surface area contributed by atoms with Crippen LogP contribution < -0.4 is 5.32 Å². The van der Waals surface area contributed by atoms with Crippen LogP contribution in [0.4, 0.5) is 10.1 Å². The van der Waals surface area contributed by atoms with Crippen LogP contribution in [0.2, 0.25) is 0 Å². The fraction of sp³-hybridized carbons (Fsp3) is 0.538. The molecule has 2 unspecified atom stereocenters. The van der Waals surface area contributed by atoms with Crippen molar-refractivity contribution in [2.75, 3.05) is 12.4 Å². The molecule has 0 spiro atoms. The standard InChI is InChI=1S/C13H17BrFNO/c1-17-10-5-2-4-9(8-10)16-13-11(14)6-3-7-12(13)15/h3,6-7,9-10,16H,2,4-5,8H2,1H3. The van der Waals surface area contributed by atoms with Crippen molar-refractivity contribution < 1.29 is 9.13 Å². The van der Waals surface area contributed by atoms with Gasteiger partial charge in [0.2, 0.25) is 0 Å². The second kappa shape index (κ2) is 5.83. The number of halogens is 2. The van der Waals surface area contributed by atoms with Gasteiger partial charge in [-0.3, -0.25) is 0 Å². The first kappa shape index (κ1) is 12.8. The van der Waals surface area contributed by atoms with E-state index < -0.39 is 0 Å². The maximum Gasteiger partial charge on any atom is 0.147 e. The molecule has 17 heavy (non-hydrogen) atoms. The van der Waals surface area contributed by atoms with E-state index in [9.17, 15) is 4.39 Å². The Bertz CT molecular complexity index is 365. The Labute approximate surface area is 110 Å². The van der Waals surface area contributed by atoms with Crippen LogP contribution in [0.15, 0.2) is 22.7 Å². The SMILES string of the molecule is COC1CCCC(Nc2c(F)cccc2Br)C1. The van der Waals surface area contributed by atoms with Gasteiger partial charge in [-0.05, 0) is 53.7 Å². The summed E-state index contributed by atoms with van der Waals surface area (Å²) < 4.78 is 19.8. The Hall–Kier alpha value is -0.610. The van der Waals surface area contributed by atoms with Crippen molar-refractivity contribution in [3.05, 3.63) is 28.5 Å². The fourth-order valence-electron chi connectivity index (χ4n) is 2.33. The van der Waals surface area contributed by atoms with Gasteiger partial charge in [0, 0.05) is 17.6 Å². The summed E-state index contributed by atoms with van der Waals surface area (Å²) in [5.41, 5.74) is 0.564. The van der Waals surface area contributed by atoms with Crippen LogP contribution in [0.1, 0.15) is 25.7 Å². The largest absolute Gasteiger partial charge is 0.381 e. The van der Waals surface area contributed by atoms with E-state index in [2.05, 4.69) is 21.2 Å². The van der Waals surface area contributed by atoms with Crippen molar-refractivity contribution in [3.8, 4) is 0 Å². The van der Waals surface area contributed by atoms with E-state index in [1.165, 1.54) is 6.07 Å². The van der Waals surface area contributed by atoms with Gasteiger partial charge in [-0.2, -0.15) is 0 Å². The molecule has 1 fully saturated rings. The van der Waals surface area contributed by atoms with Crippen molar-refractivity contribution in [1.29, 1.82) is 0 Å². The van der Waals surface area contributed by atoms with Gasteiger partial charge in [0.05, 0.1) is 11.8 Å². The summed E-state index contributed by atoms with van der Waals surface area (Å²) in [6, 6.07) is 5.32. The zero-order valence-electron chi connectivity index (χ0n) is 9.88. The minimum absolute atomic E-state index is 0.209. The molecule has 0 aliphatic heterocycles. The minimum atomic E-state index is -0.209. The molecule has 0 radical (unpaired) electrons. The highest BCUT2D eigenvalue weighted by Gasteiger charge is 2.22. The molecule has 0 amide bonds. The van der Waals surface area contributed by atoms with Gasteiger partial charge in [0.25, 0.3) is 0 Å². The van der Waals surface area contributed by atoms with Crippen molar-refractivity contribution in [2.45, 2.75) is 37.8 Å². The summed E-state index contributed by atoms with van der Waals surface area (Å²) in [7, 11) is 1.74. The highest BCUT2D eigenvalue weighted by molar-refractivity contribution is 9.10. The Kier molecular flexibility index (Phi) is 4.40. The number of benzene rings is 1. The van der Waals surface area contributed by atoms with Gasteiger partial charge in [0.15, 0.2) is 0 Å². The number of nitrogens with one attached hydrogen (secondary N) is 1. The highest BCUT2D eigenvalue weighted by Crippen LogP contribution is 2.29. The first-order valence-electron chi connectivity index (χ1n) is 5.94. The van der Waals surface area contributed by atoms with E-state index in [-0.39, 0.29) is 5.82 Å². The molecular weight excluding hydrogens is 285 g/mol. The molecule has 0 bridgehead atoms. The van der Waals surface area contributed by atoms with Crippen LogP contribution in [-0.2, 0) is 4.74 Å². The molecule has 4 heteroatoms. The van der Waals surface area contributed by atoms with Crippen LogP contribution >= 0.6 is 15.9 Å². The number of ether oxygens (including phenoxy) is 1. The lowest BCUT2D eigenvalue weighted by atomic mass is 9.92. The molecule has 1 aliphatic rings. The second-order valence-corrected chi connectivity index (χ2v) is 5.32. The summed E-state index contributed by atoms with van der Waals surface area (Å²) in [4.78, 5) is 0. The third kappa shape index (κ3) is 3.19. The first-order valence-corrected chi connectivity index (χ1v) is 6.73. The van der Waals surface area contributed by atoms with E-state index in [0.717, 1.165) is 30.2 Å². The van der Waals surface area contributed by atoms with Gasteiger partial charge in [-0.15, -0.1) is 0 Å².